The molecule has 2 heterocycles. The molecule has 1 saturated carbocycles. The predicted octanol–water partition coefficient (Wildman–Crippen LogP) is 2.34. The number of carbonyl (C=O) groups is 2. The van der Waals surface area contributed by atoms with Gasteiger partial charge in [-0.05, 0) is 32.9 Å². The van der Waals surface area contributed by atoms with Gasteiger partial charge < -0.3 is 30.4 Å². The zero-order valence-electron chi connectivity index (χ0n) is 17.0. The van der Waals surface area contributed by atoms with Crippen LogP contribution in [0.1, 0.15) is 38.1 Å². The third kappa shape index (κ3) is 4.22. The molecular weight excluding hydrogens is 372 g/mol. The average Bonchev–Trinajstić information content (AvgIpc) is 3.05. The van der Waals surface area contributed by atoms with Crippen LogP contribution in [0.25, 0.3) is 0 Å². The van der Waals surface area contributed by atoms with Gasteiger partial charge in [-0.3, -0.25) is 4.79 Å². The van der Waals surface area contributed by atoms with Gasteiger partial charge in [0.05, 0.1) is 19.3 Å². The van der Waals surface area contributed by atoms with Gasteiger partial charge in [0, 0.05) is 55.4 Å². The number of piperidine rings is 1. The van der Waals surface area contributed by atoms with Crippen LogP contribution in [0.5, 0.6) is 0 Å². The molecule has 1 aromatic rings. The standard InChI is InChI=1S/C21H28N4O4.H2/c1-21(2,3)29-20(27)25-8-15-16(9-25)18(15)24-19(26)12-4-5-13(7-22)17(6-12)23-14-10-28-11-14;/h4-7,14-16,18,22-23H,8-11H2,1-3H3,(H,24,26);1H/t15-,16+,18?;. The average molecular weight is 402 g/mol. The lowest BCUT2D eigenvalue weighted by Gasteiger charge is -2.28. The molecule has 1 aromatic carbocycles. The van der Waals surface area contributed by atoms with Gasteiger partial charge in [0.15, 0.2) is 0 Å². The van der Waals surface area contributed by atoms with Crippen molar-refractivity contribution in [3.05, 3.63) is 29.3 Å². The van der Waals surface area contributed by atoms with Crippen LogP contribution in [0, 0.1) is 17.2 Å². The highest BCUT2D eigenvalue weighted by Crippen LogP contribution is 2.46. The Labute approximate surface area is 171 Å². The number of rotatable bonds is 5. The molecule has 3 fully saturated rings. The quantitative estimate of drug-likeness (QED) is 0.656. The Hall–Kier alpha value is -2.61. The number of hydrogen-bond donors (Lipinski definition) is 3. The van der Waals surface area contributed by atoms with Crippen LogP contribution in [0.3, 0.4) is 0 Å². The van der Waals surface area contributed by atoms with Crippen molar-refractivity contribution in [1.82, 2.24) is 10.2 Å². The molecule has 0 spiro atoms. The zero-order valence-corrected chi connectivity index (χ0v) is 17.0. The maximum Gasteiger partial charge on any atom is 0.410 e. The molecule has 0 aromatic heterocycles. The van der Waals surface area contributed by atoms with Gasteiger partial charge in [-0.15, -0.1) is 0 Å². The highest BCUT2D eigenvalue weighted by molar-refractivity contribution is 5.98. The fourth-order valence-electron chi connectivity index (χ4n) is 3.94. The van der Waals surface area contributed by atoms with Gasteiger partial charge in [-0.2, -0.15) is 0 Å². The number of nitrogens with one attached hydrogen (secondary N) is 3. The summed E-state index contributed by atoms with van der Waals surface area (Å²) in [6, 6.07) is 5.62. The molecule has 0 radical (unpaired) electrons. The summed E-state index contributed by atoms with van der Waals surface area (Å²) in [5.41, 5.74) is 1.57. The molecule has 158 valence electrons. The normalized spacial score (nSPS) is 25.6. The summed E-state index contributed by atoms with van der Waals surface area (Å²) >= 11 is 0. The van der Waals surface area contributed by atoms with Gasteiger partial charge in [0.1, 0.15) is 5.60 Å². The molecule has 3 N–H and O–H groups in total. The fraction of sp³-hybridized carbons (Fsp3) is 0.571. The van der Waals surface area contributed by atoms with Crippen molar-refractivity contribution >= 4 is 23.9 Å². The summed E-state index contributed by atoms with van der Waals surface area (Å²) in [4.78, 5) is 26.6. The van der Waals surface area contributed by atoms with Crippen molar-refractivity contribution in [2.45, 2.75) is 38.5 Å². The van der Waals surface area contributed by atoms with Gasteiger partial charge >= 0.3 is 6.09 Å². The monoisotopic (exact) mass is 402 g/mol. The van der Waals surface area contributed by atoms with Crippen LogP contribution in [-0.4, -0.2) is 67.1 Å². The van der Waals surface area contributed by atoms with Crippen LogP contribution < -0.4 is 10.6 Å². The van der Waals surface area contributed by atoms with Crippen molar-refractivity contribution in [2.24, 2.45) is 11.8 Å². The molecule has 29 heavy (non-hydrogen) atoms. The van der Waals surface area contributed by atoms with Crippen molar-refractivity contribution in [2.75, 3.05) is 31.6 Å². The van der Waals surface area contributed by atoms with E-state index < -0.39 is 5.60 Å². The van der Waals surface area contributed by atoms with E-state index in [1.807, 2.05) is 20.8 Å². The van der Waals surface area contributed by atoms with E-state index in [1.165, 1.54) is 6.21 Å². The molecule has 2 saturated heterocycles. The lowest BCUT2D eigenvalue weighted by Crippen LogP contribution is -2.41. The number of amides is 2. The van der Waals surface area contributed by atoms with Crippen LogP contribution in [-0.2, 0) is 9.47 Å². The Bertz CT molecular complexity index is 825. The number of hydrogen-bond acceptors (Lipinski definition) is 6. The largest absolute Gasteiger partial charge is 0.444 e. The van der Waals surface area contributed by atoms with Crippen LogP contribution in [0.15, 0.2) is 18.2 Å². The van der Waals surface area contributed by atoms with Crippen molar-refractivity contribution in [3.8, 4) is 0 Å². The minimum absolute atomic E-state index is 0. The maximum atomic E-state index is 12.7. The first kappa shape index (κ1) is 19.7. The third-order valence-electron chi connectivity index (χ3n) is 5.61. The van der Waals surface area contributed by atoms with Crippen molar-refractivity contribution in [3.63, 3.8) is 0 Å². The van der Waals surface area contributed by atoms with E-state index in [4.69, 9.17) is 14.9 Å². The summed E-state index contributed by atoms with van der Waals surface area (Å²) in [7, 11) is 0. The molecule has 0 bridgehead atoms. The summed E-state index contributed by atoms with van der Waals surface area (Å²) in [5, 5.41) is 14.0. The van der Waals surface area contributed by atoms with E-state index in [-0.39, 0.29) is 37.3 Å². The summed E-state index contributed by atoms with van der Waals surface area (Å²) in [5.74, 6) is 0.451. The fourth-order valence-corrected chi connectivity index (χ4v) is 3.94. The second-order valence-electron chi connectivity index (χ2n) is 9.04. The Morgan fingerprint density at radius 2 is 1.97 bits per heavy atom. The number of fused-ring (bicyclic) bond motifs is 1. The number of nitrogens with zero attached hydrogens (tertiary/aromatic N) is 1. The topological polar surface area (TPSA) is 104 Å². The van der Waals surface area contributed by atoms with E-state index in [0.29, 0.717) is 31.9 Å². The molecule has 8 heteroatoms. The second kappa shape index (κ2) is 7.33. The van der Waals surface area contributed by atoms with Gasteiger partial charge in [0.2, 0.25) is 0 Å². The Kier molecular flexibility index (Phi) is 4.98. The molecule has 3 atom stereocenters. The molecular formula is C21H30N4O4. The molecule has 2 aliphatic heterocycles. The predicted molar refractivity (Wildman–Crippen MR) is 111 cm³/mol. The number of likely N-dealkylation sites (tertiary alicyclic amines) is 1. The Morgan fingerprint density at radius 3 is 2.52 bits per heavy atom. The SMILES string of the molecule is CC(C)(C)OC(=O)N1C[C@@H]2C(NC(=O)c3ccc(C=N)c(NC4COC4)c3)[C@@H]2C1.[HH]. The first-order valence-electron chi connectivity index (χ1n) is 10.0. The first-order chi connectivity index (χ1) is 13.7. The molecule has 8 nitrogen and oxygen atoms in total. The maximum absolute atomic E-state index is 12.7. The summed E-state index contributed by atoms with van der Waals surface area (Å²) in [6.45, 7) is 8.07. The summed E-state index contributed by atoms with van der Waals surface area (Å²) in [6.07, 6.45) is 0.993. The smallest absolute Gasteiger partial charge is 0.410 e. The lowest BCUT2D eigenvalue weighted by atomic mass is 10.1. The summed E-state index contributed by atoms with van der Waals surface area (Å²) < 4.78 is 10.6. The number of ether oxygens (including phenoxy) is 2. The van der Waals surface area contributed by atoms with Crippen LogP contribution in [0.4, 0.5) is 10.5 Å². The molecule has 3 aliphatic rings. The van der Waals surface area contributed by atoms with Gasteiger partial charge in [-0.25, -0.2) is 4.79 Å². The van der Waals surface area contributed by atoms with Crippen molar-refractivity contribution in [1.29, 1.82) is 5.41 Å². The van der Waals surface area contributed by atoms with E-state index >= 15 is 0 Å². The zero-order chi connectivity index (χ0) is 20.8. The minimum Gasteiger partial charge on any atom is -0.444 e. The molecule has 1 unspecified atom stereocenters. The Morgan fingerprint density at radius 1 is 1.28 bits per heavy atom. The van der Waals surface area contributed by atoms with Crippen molar-refractivity contribution < 1.29 is 20.5 Å². The van der Waals surface area contributed by atoms with Gasteiger partial charge in [0.25, 0.3) is 5.91 Å². The van der Waals surface area contributed by atoms with E-state index in [1.54, 1.807) is 23.1 Å². The van der Waals surface area contributed by atoms with E-state index in [2.05, 4.69) is 10.6 Å². The van der Waals surface area contributed by atoms with E-state index in [9.17, 15) is 9.59 Å². The highest BCUT2D eigenvalue weighted by atomic mass is 16.6. The second-order valence-corrected chi connectivity index (χ2v) is 9.04. The van der Waals surface area contributed by atoms with Crippen LogP contribution in [0.2, 0.25) is 0 Å². The molecule has 2 amide bonds. The minimum atomic E-state index is -0.503. The van der Waals surface area contributed by atoms with Gasteiger partial charge in [-0.1, -0.05) is 6.07 Å². The molecule has 1 aliphatic carbocycles. The lowest BCUT2D eigenvalue weighted by molar-refractivity contribution is 0.0211. The Balaban J connectivity index is 0.00000256. The number of anilines is 1. The molecule has 4 rings (SSSR count). The van der Waals surface area contributed by atoms with Crippen LogP contribution >= 0.6 is 0 Å². The highest BCUT2D eigenvalue weighted by Gasteiger charge is 2.58. The number of benzene rings is 1. The third-order valence-corrected chi connectivity index (χ3v) is 5.61. The number of carbonyl (C=O) groups excluding carboxylic acids is 2. The van der Waals surface area contributed by atoms with E-state index in [0.717, 1.165) is 11.3 Å². The first-order valence-corrected chi connectivity index (χ1v) is 10.0.